The summed E-state index contributed by atoms with van der Waals surface area (Å²) in [4.78, 5) is 15.6. The maximum Gasteiger partial charge on any atom is 0.166 e. The van der Waals surface area contributed by atoms with E-state index in [9.17, 15) is 0 Å². The average Bonchev–Trinajstić information content (AvgIpc) is 3.77. The number of hydrogen-bond donors (Lipinski definition) is 0. The highest BCUT2D eigenvalue weighted by atomic mass is 16.3. The molecule has 0 radical (unpaired) electrons. The van der Waals surface area contributed by atoms with Gasteiger partial charge in [-0.1, -0.05) is 133 Å². The van der Waals surface area contributed by atoms with E-state index in [0.717, 1.165) is 60.7 Å². The molecule has 0 saturated carbocycles. The minimum absolute atomic E-state index is 0.589. The number of nitrogens with zero attached hydrogens (tertiary/aromatic N) is 4. The van der Waals surface area contributed by atoms with E-state index in [1.54, 1.807) is 0 Å². The Hall–Kier alpha value is -7.11. The van der Waals surface area contributed by atoms with Crippen molar-refractivity contribution >= 4 is 65.3 Å². The molecule has 242 valence electrons. The predicted octanol–water partition coefficient (Wildman–Crippen LogP) is 12.2. The Bertz CT molecular complexity index is 3190. The van der Waals surface area contributed by atoms with Crippen molar-refractivity contribution in [1.29, 1.82) is 0 Å². The zero-order valence-electron chi connectivity index (χ0n) is 27.9. The molecule has 0 aliphatic rings. The van der Waals surface area contributed by atoms with Crippen LogP contribution < -0.4 is 0 Å². The Labute approximate surface area is 298 Å². The van der Waals surface area contributed by atoms with Gasteiger partial charge in [-0.2, -0.15) is 0 Å². The van der Waals surface area contributed by atoms with Gasteiger partial charge in [0.25, 0.3) is 0 Å². The van der Waals surface area contributed by atoms with Crippen LogP contribution in [0.3, 0.4) is 0 Å². The fourth-order valence-corrected chi connectivity index (χ4v) is 7.86. The van der Waals surface area contributed by atoms with Crippen LogP contribution in [0.25, 0.3) is 105 Å². The number of rotatable bonds is 4. The highest BCUT2D eigenvalue weighted by Crippen LogP contribution is 2.44. The van der Waals surface area contributed by atoms with Gasteiger partial charge in [-0.05, 0) is 57.9 Å². The van der Waals surface area contributed by atoms with Gasteiger partial charge in [-0.25, -0.2) is 15.0 Å². The number of para-hydroxylation sites is 2. The fourth-order valence-electron chi connectivity index (χ4n) is 7.86. The first-order valence-electron chi connectivity index (χ1n) is 17.5. The van der Waals surface area contributed by atoms with Gasteiger partial charge in [-0.15, -0.1) is 0 Å². The van der Waals surface area contributed by atoms with Crippen LogP contribution in [0, 0.1) is 0 Å². The second-order valence-corrected chi connectivity index (χ2v) is 13.2. The molecule has 3 aromatic heterocycles. The zero-order chi connectivity index (χ0) is 34.2. The first kappa shape index (κ1) is 28.7. The Kier molecular flexibility index (Phi) is 6.18. The maximum absolute atomic E-state index is 6.54. The quantitative estimate of drug-likeness (QED) is 0.188. The van der Waals surface area contributed by atoms with Gasteiger partial charge in [-0.3, -0.25) is 0 Å². The molecule has 0 bridgehead atoms. The molecular weight excluding hydrogens is 637 g/mol. The van der Waals surface area contributed by atoms with Crippen molar-refractivity contribution in [3.8, 4) is 39.9 Å². The van der Waals surface area contributed by atoms with E-state index >= 15 is 0 Å². The number of furan rings is 1. The lowest BCUT2D eigenvalue weighted by atomic mass is 10.0. The number of benzene rings is 8. The molecule has 0 amide bonds. The van der Waals surface area contributed by atoms with E-state index in [2.05, 4.69) is 144 Å². The van der Waals surface area contributed by atoms with Crippen molar-refractivity contribution in [2.45, 2.75) is 0 Å². The van der Waals surface area contributed by atoms with Crippen LogP contribution >= 0.6 is 0 Å². The van der Waals surface area contributed by atoms with Crippen LogP contribution in [0.2, 0.25) is 0 Å². The van der Waals surface area contributed by atoms with Crippen molar-refractivity contribution in [3.05, 3.63) is 170 Å². The summed E-state index contributed by atoms with van der Waals surface area (Å²) in [5.41, 5.74) is 7.55. The van der Waals surface area contributed by atoms with Gasteiger partial charge in [0.05, 0.1) is 22.1 Å². The van der Waals surface area contributed by atoms with Crippen LogP contribution in [-0.2, 0) is 0 Å². The third-order valence-electron chi connectivity index (χ3n) is 10.2. The Balaban J connectivity index is 1.29. The van der Waals surface area contributed by atoms with Gasteiger partial charge in [0.15, 0.2) is 17.5 Å². The molecule has 0 aliphatic carbocycles. The summed E-state index contributed by atoms with van der Waals surface area (Å²) in [7, 11) is 0. The van der Waals surface area contributed by atoms with Crippen LogP contribution in [0.1, 0.15) is 0 Å². The maximum atomic E-state index is 6.54. The van der Waals surface area contributed by atoms with E-state index in [1.165, 1.54) is 26.9 Å². The van der Waals surface area contributed by atoms with Gasteiger partial charge < -0.3 is 8.98 Å². The molecular formula is C47H28N4O. The van der Waals surface area contributed by atoms with Crippen LogP contribution in [0.15, 0.2) is 174 Å². The lowest BCUT2D eigenvalue weighted by Crippen LogP contribution is -2.04. The van der Waals surface area contributed by atoms with Gasteiger partial charge in [0.1, 0.15) is 11.2 Å². The van der Waals surface area contributed by atoms with Crippen molar-refractivity contribution in [2.24, 2.45) is 0 Å². The number of hydrogen-bond acceptors (Lipinski definition) is 4. The standard InChI is InChI=1S/C47H28N4O/c1-2-14-31(15-3-1)45-48-46(33-23-22-29-12-4-5-16-32(29)28-33)50-47(49-45)37-25-27-41-43(36-19-9-11-21-40(36)52-41)44(37)51-38-20-10-8-18-35(38)42-34-17-7-6-13-30(34)24-26-39(42)51/h1-28H. The van der Waals surface area contributed by atoms with E-state index in [1.807, 2.05) is 30.3 Å². The normalized spacial score (nSPS) is 11.8. The summed E-state index contributed by atoms with van der Waals surface area (Å²) in [6.45, 7) is 0. The molecule has 0 unspecified atom stereocenters. The van der Waals surface area contributed by atoms with Crippen molar-refractivity contribution in [1.82, 2.24) is 19.5 Å². The molecule has 5 heteroatoms. The van der Waals surface area contributed by atoms with Gasteiger partial charge in [0.2, 0.25) is 0 Å². The largest absolute Gasteiger partial charge is 0.456 e. The molecule has 0 fully saturated rings. The van der Waals surface area contributed by atoms with Gasteiger partial charge >= 0.3 is 0 Å². The van der Waals surface area contributed by atoms with Crippen molar-refractivity contribution in [2.75, 3.05) is 0 Å². The molecule has 8 aromatic carbocycles. The molecule has 5 nitrogen and oxygen atoms in total. The van der Waals surface area contributed by atoms with Crippen LogP contribution in [-0.4, -0.2) is 19.5 Å². The lowest BCUT2D eigenvalue weighted by Gasteiger charge is -2.16. The minimum Gasteiger partial charge on any atom is -0.456 e. The fraction of sp³-hybridized carbons (Fsp3) is 0. The SMILES string of the molecule is c1ccc(-c2nc(-c3ccc4ccccc4c3)nc(-c3ccc4oc5ccccc5c4c3-n3c4ccccc4c4c5ccccc5ccc43)n2)cc1. The molecule has 3 heterocycles. The zero-order valence-corrected chi connectivity index (χ0v) is 27.9. The topological polar surface area (TPSA) is 56.7 Å². The highest BCUT2D eigenvalue weighted by Gasteiger charge is 2.24. The van der Waals surface area contributed by atoms with Crippen molar-refractivity contribution < 1.29 is 4.42 Å². The Morgan fingerprint density at radius 2 is 1.04 bits per heavy atom. The molecule has 11 rings (SSSR count). The molecule has 0 N–H and O–H groups in total. The Morgan fingerprint density at radius 3 is 1.90 bits per heavy atom. The summed E-state index contributed by atoms with van der Waals surface area (Å²) in [5, 5.41) is 9.16. The molecule has 11 aromatic rings. The summed E-state index contributed by atoms with van der Waals surface area (Å²) >= 11 is 0. The second-order valence-electron chi connectivity index (χ2n) is 13.2. The van der Waals surface area contributed by atoms with Crippen molar-refractivity contribution in [3.63, 3.8) is 0 Å². The molecule has 0 saturated heterocycles. The first-order chi connectivity index (χ1) is 25.8. The smallest absolute Gasteiger partial charge is 0.166 e. The van der Waals surface area contributed by atoms with Gasteiger partial charge in [0, 0.05) is 32.8 Å². The number of aromatic nitrogens is 4. The second kappa shape index (κ2) is 11.2. The molecule has 0 atom stereocenters. The van der Waals surface area contributed by atoms with Crippen LogP contribution in [0.4, 0.5) is 0 Å². The third-order valence-corrected chi connectivity index (χ3v) is 10.2. The lowest BCUT2D eigenvalue weighted by molar-refractivity contribution is 0.669. The van der Waals surface area contributed by atoms with E-state index in [4.69, 9.17) is 19.4 Å². The average molecular weight is 665 g/mol. The summed E-state index contributed by atoms with van der Waals surface area (Å²) in [5.74, 6) is 1.82. The molecule has 52 heavy (non-hydrogen) atoms. The predicted molar refractivity (Wildman–Crippen MR) is 213 cm³/mol. The summed E-state index contributed by atoms with van der Waals surface area (Å²) in [6, 6.07) is 59.1. The minimum atomic E-state index is 0.589. The van der Waals surface area contributed by atoms with E-state index in [0.29, 0.717) is 17.5 Å². The monoisotopic (exact) mass is 664 g/mol. The third kappa shape index (κ3) is 4.33. The first-order valence-corrected chi connectivity index (χ1v) is 17.5. The highest BCUT2D eigenvalue weighted by molar-refractivity contribution is 6.23. The molecule has 0 aliphatic heterocycles. The summed E-state index contributed by atoms with van der Waals surface area (Å²) < 4.78 is 8.92. The summed E-state index contributed by atoms with van der Waals surface area (Å²) in [6.07, 6.45) is 0. The van der Waals surface area contributed by atoms with E-state index < -0.39 is 0 Å². The molecule has 0 spiro atoms. The van der Waals surface area contributed by atoms with Crippen LogP contribution in [0.5, 0.6) is 0 Å². The number of fused-ring (bicyclic) bond motifs is 9. The Morgan fingerprint density at radius 1 is 0.385 bits per heavy atom. The van der Waals surface area contributed by atoms with E-state index in [-0.39, 0.29) is 0 Å².